The van der Waals surface area contributed by atoms with Gasteiger partial charge in [-0.2, -0.15) is 0 Å². The van der Waals surface area contributed by atoms with Crippen LogP contribution in [0.15, 0.2) is 28.8 Å². The van der Waals surface area contributed by atoms with Gasteiger partial charge in [-0.15, -0.1) is 0 Å². The SMILES string of the molecule is CCNc1ccc(C(=O)NCc2cc(C)no2)cc1C. The van der Waals surface area contributed by atoms with E-state index in [1.807, 2.05) is 39.0 Å². The van der Waals surface area contributed by atoms with Gasteiger partial charge in [-0.25, -0.2) is 0 Å². The molecule has 5 heteroatoms. The van der Waals surface area contributed by atoms with Crippen molar-refractivity contribution in [3.8, 4) is 0 Å². The van der Waals surface area contributed by atoms with Crippen LogP contribution in [-0.4, -0.2) is 17.6 Å². The number of aryl methyl sites for hydroxylation is 2. The molecule has 0 saturated carbocycles. The Balaban J connectivity index is 2.00. The van der Waals surface area contributed by atoms with E-state index in [0.29, 0.717) is 17.9 Å². The van der Waals surface area contributed by atoms with Crippen molar-refractivity contribution in [3.05, 3.63) is 46.8 Å². The molecule has 2 N–H and O–H groups in total. The highest BCUT2D eigenvalue weighted by Crippen LogP contribution is 2.16. The van der Waals surface area contributed by atoms with E-state index in [1.165, 1.54) is 0 Å². The van der Waals surface area contributed by atoms with Crippen LogP contribution in [0, 0.1) is 13.8 Å². The van der Waals surface area contributed by atoms with Crippen LogP contribution in [0.2, 0.25) is 0 Å². The summed E-state index contributed by atoms with van der Waals surface area (Å²) >= 11 is 0. The lowest BCUT2D eigenvalue weighted by Crippen LogP contribution is -2.22. The number of rotatable bonds is 5. The van der Waals surface area contributed by atoms with E-state index < -0.39 is 0 Å². The van der Waals surface area contributed by atoms with Crippen molar-refractivity contribution in [1.82, 2.24) is 10.5 Å². The Hall–Kier alpha value is -2.30. The molecule has 1 heterocycles. The van der Waals surface area contributed by atoms with Crippen LogP contribution in [0.1, 0.15) is 34.3 Å². The fourth-order valence-corrected chi connectivity index (χ4v) is 1.96. The van der Waals surface area contributed by atoms with Crippen molar-refractivity contribution < 1.29 is 9.32 Å². The van der Waals surface area contributed by atoms with E-state index in [0.717, 1.165) is 23.5 Å². The van der Waals surface area contributed by atoms with Gasteiger partial charge in [-0.05, 0) is 44.5 Å². The molecule has 0 aliphatic carbocycles. The molecule has 0 radical (unpaired) electrons. The minimum atomic E-state index is -0.120. The van der Waals surface area contributed by atoms with Gasteiger partial charge in [0.1, 0.15) is 0 Å². The molecule has 106 valence electrons. The molecule has 0 spiro atoms. The summed E-state index contributed by atoms with van der Waals surface area (Å²) in [5, 5.41) is 9.84. The number of hydrogen-bond donors (Lipinski definition) is 2. The van der Waals surface area contributed by atoms with Crippen molar-refractivity contribution in [3.63, 3.8) is 0 Å². The fraction of sp³-hybridized carbons (Fsp3) is 0.333. The highest BCUT2D eigenvalue weighted by molar-refractivity contribution is 5.94. The van der Waals surface area contributed by atoms with Crippen molar-refractivity contribution in [2.45, 2.75) is 27.3 Å². The smallest absolute Gasteiger partial charge is 0.251 e. The van der Waals surface area contributed by atoms with E-state index in [2.05, 4.69) is 15.8 Å². The van der Waals surface area contributed by atoms with Crippen LogP contribution >= 0.6 is 0 Å². The first kappa shape index (κ1) is 14.1. The Bertz CT molecular complexity index is 605. The predicted octanol–water partition coefficient (Wildman–Crippen LogP) is 2.65. The zero-order chi connectivity index (χ0) is 14.5. The topological polar surface area (TPSA) is 67.2 Å². The number of amides is 1. The molecule has 1 aromatic heterocycles. The zero-order valence-electron chi connectivity index (χ0n) is 12.0. The third-order valence-electron chi connectivity index (χ3n) is 2.96. The molecule has 1 aromatic carbocycles. The van der Waals surface area contributed by atoms with Gasteiger partial charge in [-0.3, -0.25) is 4.79 Å². The average Bonchev–Trinajstić information content (AvgIpc) is 2.84. The number of carbonyl (C=O) groups is 1. The van der Waals surface area contributed by atoms with Gasteiger partial charge < -0.3 is 15.2 Å². The number of hydrogen-bond acceptors (Lipinski definition) is 4. The summed E-state index contributed by atoms with van der Waals surface area (Å²) in [6, 6.07) is 7.41. The highest BCUT2D eigenvalue weighted by Gasteiger charge is 2.09. The maximum absolute atomic E-state index is 12.1. The second-order valence-corrected chi connectivity index (χ2v) is 4.68. The highest BCUT2D eigenvalue weighted by atomic mass is 16.5. The quantitative estimate of drug-likeness (QED) is 0.879. The Morgan fingerprint density at radius 2 is 2.10 bits per heavy atom. The minimum Gasteiger partial charge on any atom is -0.385 e. The fourth-order valence-electron chi connectivity index (χ4n) is 1.96. The Morgan fingerprint density at radius 3 is 2.70 bits per heavy atom. The van der Waals surface area contributed by atoms with Gasteiger partial charge in [0.25, 0.3) is 5.91 Å². The van der Waals surface area contributed by atoms with Crippen LogP contribution < -0.4 is 10.6 Å². The van der Waals surface area contributed by atoms with Crippen molar-refractivity contribution in [1.29, 1.82) is 0 Å². The van der Waals surface area contributed by atoms with Crippen molar-refractivity contribution in [2.75, 3.05) is 11.9 Å². The molecule has 0 unspecified atom stereocenters. The molecule has 2 aromatic rings. The van der Waals surface area contributed by atoms with E-state index in [-0.39, 0.29) is 5.91 Å². The number of benzene rings is 1. The van der Waals surface area contributed by atoms with Crippen LogP contribution in [0.4, 0.5) is 5.69 Å². The van der Waals surface area contributed by atoms with E-state index >= 15 is 0 Å². The molecule has 20 heavy (non-hydrogen) atoms. The second-order valence-electron chi connectivity index (χ2n) is 4.68. The molecule has 0 saturated heterocycles. The van der Waals surface area contributed by atoms with Crippen LogP contribution in [0.3, 0.4) is 0 Å². The first-order valence-electron chi connectivity index (χ1n) is 6.65. The summed E-state index contributed by atoms with van der Waals surface area (Å²) in [5.74, 6) is 0.530. The van der Waals surface area contributed by atoms with Crippen molar-refractivity contribution in [2.24, 2.45) is 0 Å². The maximum atomic E-state index is 12.1. The predicted molar refractivity (Wildman–Crippen MR) is 77.8 cm³/mol. The lowest BCUT2D eigenvalue weighted by Gasteiger charge is -2.09. The number of aromatic nitrogens is 1. The molecule has 0 fully saturated rings. The maximum Gasteiger partial charge on any atom is 0.251 e. The number of nitrogens with zero attached hydrogens (tertiary/aromatic N) is 1. The van der Waals surface area contributed by atoms with Crippen LogP contribution in [0.5, 0.6) is 0 Å². The standard InChI is InChI=1S/C15H19N3O2/c1-4-16-14-6-5-12(7-10(14)2)15(19)17-9-13-8-11(3)18-20-13/h5-8,16H,4,9H2,1-3H3,(H,17,19). The zero-order valence-corrected chi connectivity index (χ0v) is 12.0. The summed E-state index contributed by atoms with van der Waals surface area (Å²) in [7, 11) is 0. The summed E-state index contributed by atoms with van der Waals surface area (Å²) in [6.45, 7) is 7.07. The molecular weight excluding hydrogens is 254 g/mol. The molecule has 2 rings (SSSR count). The first-order chi connectivity index (χ1) is 9.60. The van der Waals surface area contributed by atoms with Crippen molar-refractivity contribution >= 4 is 11.6 Å². The van der Waals surface area contributed by atoms with E-state index in [4.69, 9.17) is 4.52 Å². The summed E-state index contributed by atoms with van der Waals surface area (Å²) < 4.78 is 5.05. The third-order valence-corrected chi connectivity index (χ3v) is 2.96. The molecule has 0 aliphatic heterocycles. The number of carbonyl (C=O) groups excluding carboxylic acids is 1. The minimum absolute atomic E-state index is 0.120. The number of nitrogens with one attached hydrogen (secondary N) is 2. The molecule has 0 bridgehead atoms. The van der Waals surface area contributed by atoms with Crippen LogP contribution in [0.25, 0.3) is 0 Å². The van der Waals surface area contributed by atoms with E-state index in [9.17, 15) is 4.79 Å². The molecule has 1 amide bonds. The Labute approximate surface area is 118 Å². The van der Waals surface area contributed by atoms with Gasteiger partial charge in [-0.1, -0.05) is 5.16 Å². The van der Waals surface area contributed by atoms with Gasteiger partial charge in [0.2, 0.25) is 0 Å². The largest absolute Gasteiger partial charge is 0.385 e. The summed E-state index contributed by atoms with van der Waals surface area (Å²) in [6.07, 6.45) is 0. The van der Waals surface area contributed by atoms with E-state index in [1.54, 1.807) is 6.07 Å². The third kappa shape index (κ3) is 3.38. The molecule has 0 aliphatic rings. The van der Waals surface area contributed by atoms with Crippen LogP contribution in [-0.2, 0) is 6.54 Å². The molecule has 5 nitrogen and oxygen atoms in total. The lowest BCUT2D eigenvalue weighted by molar-refractivity contribution is 0.0947. The first-order valence-corrected chi connectivity index (χ1v) is 6.65. The van der Waals surface area contributed by atoms with Gasteiger partial charge in [0, 0.05) is 23.9 Å². The summed E-state index contributed by atoms with van der Waals surface area (Å²) in [4.78, 5) is 12.1. The normalized spacial score (nSPS) is 10.3. The summed E-state index contributed by atoms with van der Waals surface area (Å²) in [5.41, 5.74) is 3.55. The molecular formula is C15H19N3O2. The van der Waals surface area contributed by atoms with Gasteiger partial charge in [0.05, 0.1) is 12.2 Å². The molecule has 0 atom stereocenters. The van der Waals surface area contributed by atoms with Gasteiger partial charge >= 0.3 is 0 Å². The average molecular weight is 273 g/mol. The second kappa shape index (κ2) is 6.23. The lowest BCUT2D eigenvalue weighted by atomic mass is 10.1. The van der Waals surface area contributed by atoms with Gasteiger partial charge in [0.15, 0.2) is 5.76 Å². The number of anilines is 1. The Morgan fingerprint density at radius 1 is 1.30 bits per heavy atom. The Kier molecular flexibility index (Phi) is 4.40. The monoisotopic (exact) mass is 273 g/mol.